The molecule has 0 fully saturated rings. The molecule has 0 spiro atoms. The van der Waals surface area contributed by atoms with Crippen molar-refractivity contribution in [2.24, 2.45) is 0 Å². The summed E-state index contributed by atoms with van der Waals surface area (Å²) in [7, 11) is 0. The number of carbonyl (C=O) groups is 3. The molecule has 6 nitrogen and oxygen atoms in total. The molecule has 0 aromatic carbocycles. The van der Waals surface area contributed by atoms with E-state index in [0.29, 0.717) is 19.3 Å². The Morgan fingerprint density at radius 3 is 1.00 bits per heavy atom. The fourth-order valence-corrected chi connectivity index (χ4v) is 7.66. The summed E-state index contributed by atoms with van der Waals surface area (Å²) >= 11 is 0. The summed E-state index contributed by atoms with van der Waals surface area (Å²) in [6.07, 6.45) is 64.9. The molecule has 0 radical (unpaired) electrons. The number of rotatable bonds is 49. The highest BCUT2D eigenvalue weighted by Gasteiger charge is 2.19. The second-order valence-electron chi connectivity index (χ2n) is 18.1. The average molecular weight is 895 g/mol. The summed E-state index contributed by atoms with van der Waals surface area (Å²) in [4.78, 5) is 38.0. The van der Waals surface area contributed by atoms with Crippen molar-refractivity contribution in [3.8, 4) is 0 Å². The minimum Gasteiger partial charge on any atom is -0.462 e. The van der Waals surface area contributed by atoms with Crippen LogP contribution in [0.2, 0.25) is 0 Å². The maximum absolute atomic E-state index is 12.8. The predicted octanol–water partition coefficient (Wildman–Crippen LogP) is 18.0. The SMILES string of the molecule is CC/C=C\C/C=C\C/C=C\C/C=C\CCCCC(=O)O[C@H](COC(=O)CCCCCCC/C=C\CCCCCCCC)COC(=O)CCCCCCCCCCCCCCCCCC. The Bertz CT molecular complexity index is 1170. The van der Waals surface area contributed by atoms with Gasteiger partial charge in [0.05, 0.1) is 0 Å². The second-order valence-corrected chi connectivity index (χ2v) is 18.1. The quantitative estimate of drug-likeness (QED) is 0.0262. The summed E-state index contributed by atoms with van der Waals surface area (Å²) < 4.78 is 16.8. The Balaban J connectivity index is 4.43. The molecule has 0 aliphatic heterocycles. The van der Waals surface area contributed by atoms with Gasteiger partial charge in [0.25, 0.3) is 0 Å². The first-order valence-corrected chi connectivity index (χ1v) is 27.3. The first-order valence-electron chi connectivity index (χ1n) is 27.3. The number of unbranched alkanes of at least 4 members (excludes halogenated alkanes) is 28. The van der Waals surface area contributed by atoms with Gasteiger partial charge in [-0.15, -0.1) is 0 Å². The van der Waals surface area contributed by atoms with Gasteiger partial charge >= 0.3 is 17.9 Å². The molecular formula is C58H102O6. The smallest absolute Gasteiger partial charge is 0.306 e. The molecule has 0 N–H and O–H groups in total. The molecule has 0 unspecified atom stereocenters. The Morgan fingerprint density at radius 1 is 0.328 bits per heavy atom. The molecule has 0 heterocycles. The van der Waals surface area contributed by atoms with Crippen LogP contribution in [-0.4, -0.2) is 37.2 Å². The van der Waals surface area contributed by atoms with Gasteiger partial charge in [-0.25, -0.2) is 0 Å². The number of ether oxygens (including phenoxy) is 3. The fraction of sp³-hybridized carbons (Fsp3) is 0.776. The van der Waals surface area contributed by atoms with E-state index in [1.807, 2.05) is 0 Å². The van der Waals surface area contributed by atoms with E-state index in [-0.39, 0.29) is 37.5 Å². The fourth-order valence-electron chi connectivity index (χ4n) is 7.66. The van der Waals surface area contributed by atoms with E-state index >= 15 is 0 Å². The zero-order chi connectivity index (χ0) is 46.5. The van der Waals surface area contributed by atoms with Crippen molar-refractivity contribution in [2.75, 3.05) is 13.2 Å². The Hall–Kier alpha value is -2.89. The summed E-state index contributed by atoms with van der Waals surface area (Å²) in [6.45, 7) is 6.50. The Labute approximate surface area is 396 Å². The molecule has 0 aliphatic carbocycles. The third kappa shape index (κ3) is 50.1. The van der Waals surface area contributed by atoms with Gasteiger partial charge in [0, 0.05) is 19.3 Å². The number of allylic oxidation sites excluding steroid dienone is 10. The summed E-state index contributed by atoms with van der Waals surface area (Å²) in [5.74, 6) is -0.933. The normalized spacial score (nSPS) is 12.5. The molecule has 1 atom stereocenters. The van der Waals surface area contributed by atoms with Crippen LogP contribution in [0, 0.1) is 0 Å². The van der Waals surface area contributed by atoms with Crippen LogP contribution in [0.4, 0.5) is 0 Å². The van der Waals surface area contributed by atoms with Crippen LogP contribution in [-0.2, 0) is 28.6 Å². The zero-order valence-corrected chi connectivity index (χ0v) is 42.3. The molecule has 370 valence electrons. The van der Waals surface area contributed by atoms with Gasteiger partial charge in [-0.05, 0) is 83.5 Å². The number of carbonyl (C=O) groups excluding carboxylic acids is 3. The molecule has 0 aromatic rings. The lowest BCUT2D eigenvalue weighted by Crippen LogP contribution is -2.30. The Morgan fingerprint density at radius 2 is 0.609 bits per heavy atom. The van der Waals surface area contributed by atoms with Gasteiger partial charge in [0.2, 0.25) is 0 Å². The largest absolute Gasteiger partial charge is 0.462 e. The molecule has 0 saturated carbocycles. The van der Waals surface area contributed by atoms with Gasteiger partial charge in [0.1, 0.15) is 13.2 Å². The van der Waals surface area contributed by atoms with Crippen molar-refractivity contribution in [1.82, 2.24) is 0 Å². The van der Waals surface area contributed by atoms with Gasteiger partial charge in [-0.3, -0.25) is 14.4 Å². The minimum absolute atomic E-state index is 0.0912. The lowest BCUT2D eigenvalue weighted by Gasteiger charge is -2.18. The molecule has 0 aliphatic rings. The highest BCUT2D eigenvalue weighted by atomic mass is 16.6. The van der Waals surface area contributed by atoms with E-state index in [9.17, 15) is 14.4 Å². The molecule has 64 heavy (non-hydrogen) atoms. The minimum atomic E-state index is -0.797. The lowest BCUT2D eigenvalue weighted by atomic mass is 10.0. The van der Waals surface area contributed by atoms with Crippen LogP contribution in [0.1, 0.15) is 271 Å². The highest BCUT2D eigenvalue weighted by molar-refractivity contribution is 5.71. The van der Waals surface area contributed by atoms with Crippen LogP contribution in [0.15, 0.2) is 60.8 Å². The van der Waals surface area contributed by atoms with Gasteiger partial charge in [-0.1, -0.05) is 229 Å². The first kappa shape index (κ1) is 61.1. The number of hydrogen-bond donors (Lipinski definition) is 0. The maximum Gasteiger partial charge on any atom is 0.306 e. The molecule has 0 rings (SSSR count). The monoisotopic (exact) mass is 895 g/mol. The van der Waals surface area contributed by atoms with Crippen LogP contribution >= 0.6 is 0 Å². The number of esters is 3. The third-order valence-corrected chi connectivity index (χ3v) is 11.8. The van der Waals surface area contributed by atoms with Crippen LogP contribution in [0.25, 0.3) is 0 Å². The van der Waals surface area contributed by atoms with E-state index in [0.717, 1.165) is 83.5 Å². The van der Waals surface area contributed by atoms with Crippen molar-refractivity contribution in [3.63, 3.8) is 0 Å². The van der Waals surface area contributed by atoms with E-state index < -0.39 is 6.10 Å². The summed E-state index contributed by atoms with van der Waals surface area (Å²) in [5, 5.41) is 0. The molecular weight excluding hydrogens is 793 g/mol. The first-order chi connectivity index (χ1) is 31.5. The second kappa shape index (κ2) is 52.7. The third-order valence-electron chi connectivity index (χ3n) is 11.8. The van der Waals surface area contributed by atoms with Gasteiger partial charge in [-0.2, -0.15) is 0 Å². The lowest BCUT2D eigenvalue weighted by molar-refractivity contribution is -0.167. The average Bonchev–Trinajstić information content (AvgIpc) is 3.29. The zero-order valence-electron chi connectivity index (χ0n) is 42.3. The van der Waals surface area contributed by atoms with Crippen molar-refractivity contribution in [2.45, 2.75) is 277 Å². The molecule has 6 heteroatoms. The molecule has 0 saturated heterocycles. The van der Waals surface area contributed by atoms with Crippen molar-refractivity contribution in [3.05, 3.63) is 60.8 Å². The van der Waals surface area contributed by atoms with Crippen molar-refractivity contribution >= 4 is 17.9 Å². The van der Waals surface area contributed by atoms with E-state index in [4.69, 9.17) is 14.2 Å². The predicted molar refractivity (Wildman–Crippen MR) is 275 cm³/mol. The number of hydrogen-bond acceptors (Lipinski definition) is 6. The molecule has 0 bridgehead atoms. The summed E-state index contributed by atoms with van der Waals surface area (Å²) in [6, 6.07) is 0. The molecule has 0 aromatic heterocycles. The van der Waals surface area contributed by atoms with E-state index in [1.165, 1.54) is 141 Å². The Kier molecular flexibility index (Phi) is 50.4. The van der Waals surface area contributed by atoms with E-state index in [2.05, 4.69) is 81.5 Å². The van der Waals surface area contributed by atoms with Gasteiger partial charge < -0.3 is 14.2 Å². The highest BCUT2D eigenvalue weighted by Crippen LogP contribution is 2.15. The molecule has 0 amide bonds. The standard InChI is InChI=1S/C58H102O6/c1-4-7-10-13-16-19-22-25-28-31-33-36-39-42-45-48-51-57(60)63-54-55(64-58(61)52-49-46-43-40-37-34-30-27-24-21-18-15-12-9-6-3)53-62-56(59)50-47-44-41-38-35-32-29-26-23-20-17-14-11-8-5-2/h9,12,18,21,26-27,29-30,37,40,55H,4-8,10-11,13-17,19-20,22-25,28,31-36,38-39,41-54H2,1-3H3/b12-9-,21-18-,29-26-,30-27-,40-37-/t55-/m1/s1. The maximum atomic E-state index is 12.8. The van der Waals surface area contributed by atoms with Crippen LogP contribution in [0.5, 0.6) is 0 Å². The van der Waals surface area contributed by atoms with E-state index in [1.54, 1.807) is 0 Å². The van der Waals surface area contributed by atoms with Crippen LogP contribution in [0.3, 0.4) is 0 Å². The summed E-state index contributed by atoms with van der Waals surface area (Å²) in [5.41, 5.74) is 0. The van der Waals surface area contributed by atoms with Crippen molar-refractivity contribution in [1.29, 1.82) is 0 Å². The van der Waals surface area contributed by atoms with Crippen molar-refractivity contribution < 1.29 is 28.6 Å². The topological polar surface area (TPSA) is 78.9 Å². The van der Waals surface area contributed by atoms with Gasteiger partial charge in [0.15, 0.2) is 6.10 Å². The van der Waals surface area contributed by atoms with Crippen LogP contribution < -0.4 is 0 Å².